The third-order valence-corrected chi connectivity index (χ3v) is 2.55. The molecule has 0 bridgehead atoms. The van der Waals surface area contributed by atoms with Gasteiger partial charge in [0.2, 0.25) is 0 Å². The van der Waals surface area contributed by atoms with Gasteiger partial charge in [0, 0.05) is 11.6 Å². The highest BCUT2D eigenvalue weighted by Gasteiger charge is 2.05. The van der Waals surface area contributed by atoms with Crippen LogP contribution >= 0.6 is 0 Å². The molecule has 0 saturated heterocycles. The maximum absolute atomic E-state index is 11.3. The molecule has 2 rings (SSSR count). The van der Waals surface area contributed by atoms with Crippen LogP contribution in [0.15, 0.2) is 30.5 Å². The number of benzene rings is 1. The molecule has 0 atom stereocenters. The van der Waals surface area contributed by atoms with Crippen molar-refractivity contribution in [3.05, 3.63) is 41.6 Å². The van der Waals surface area contributed by atoms with E-state index >= 15 is 0 Å². The molecule has 4 nitrogen and oxygen atoms in total. The lowest BCUT2D eigenvalue weighted by atomic mass is 10.1. The van der Waals surface area contributed by atoms with E-state index in [2.05, 4.69) is 17.3 Å². The molecule has 2 aromatic rings. The second-order valence-corrected chi connectivity index (χ2v) is 3.58. The van der Waals surface area contributed by atoms with Crippen molar-refractivity contribution in [3.8, 4) is 0 Å². The van der Waals surface area contributed by atoms with Crippen LogP contribution < -0.4 is 11.3 Å². The molecule has 3 N–H and O–H groups in total. The Morgan fingerprint density at radius 3 is 2.94 bits per heavy atom. The number of amides is 1. The number of hydrogen-bond acceptors (Lipinski definition) is 3. The van der Waals surface area contributed by atoms with Gasteiger partial charge in [-0.05, 0) is 30.2 Å². The molecular formula is C12H13N3O. The average molecular weight is 215 g/mol. The summed E-state index contributed by atoms with van der Waals surface area (Å²) in [6, 6.07) is 7.83. The Balaban J connectivity index is 2.54. The number of carbonyl (C=O) groups excluding carboxylic acids is 1. The summed E-state index contributed by atoms with van der Waals surface area (Å²) in [7, 11) is 0. The van der Waals surface area contributed by atoms with Crippen LogP contribution in [0.3, 0.4) is 0 Å². The molecule has 0 fully saturated rings. The summed E-state index contributed by atoms with van der Waals surface area (Å²) in [5, 5.41) is 0.959. The van der Waals surface area contributed by atoms with Gasteiger partial charge in [0.05, 0.1) is 11.1 Å². The van der Waals surface area contributed by atoms with Crippen LogP contribution in [-0.4, -0.2) is 10.9 Å². The summed E-state index contributed by atoms with van der Waals surface area (Å²) < 4.78 is 0. The number of aryl methyl sites for hydroxylation is 1. The molecule has 0 saturated carbocycles. The number of hydrazine groups is 1. The summed E-state index contributed by atoms with van der Waals surface area (Å²) in [5.41, 5.74) is 4.67. The van der Waals surface area contributed by atoms with Crippen LogP contribution in [0, 0.1) is 0 Å². The van der Waals surface area contributed by atoms with Gasteiger partial charge in [0.15, 0.2) is 0 Å². The summed E-state index contributed by atoms with van der Waals surface area (Å²) >= 11 is 0. The van der Waals surface area contributed by atoms with E-state index in [1.165, 1.54) is 11.8 Å². The van der Waals surface area contributed by atoms with Gasteiger partial charge in [-0.3, -0.25) is 15.2 Å². The van der Waals surface area contributed by atoms with E-state index in [4.69, 9.17) is 5.84 Å². The molecular weight excluding hydrogens is 202 g/mol. The summed E-state index contributed by atoms with van der Waals surface area (Å²) in [6.45, 7) is 2.09. The minimum absolute atomic E-state index is 0.323. The van der Waals surface area contributed by atoms with Crippen molar-refractivity contribution < 1.29 is 4.79 Å². The van der Waals surface area contributed by atoms with Gasteiger partial charge in [-0.1, -0.05) is 13.0 Å². The number of pyridine rings is 1. The molecule has 1 aromatic carbocycles. The highest BCUT2D eigenvalue weighted by atomic mass is 16.2. The molecule has 1 amide bonds. The lowest BCUT2D eigenvalue weighted by Crippen LogP contribution is -2.30. The third kappa shape index (κ3) is 1.87. The van der Waals surface area contributed by atoms with Gasteiger partial charge in [-0.2, -0.15) is 0 Å². The fourth-order valence-electron chi connectivity index (χ4n) is 1.61. The zero-order valence-electron chi connectivity index (χ0n) is 9.03. The Bertz CT molecular complexity index is 537. The molecule has 0 unspecified atom stereocenters. The number of aromatic nitrogens is 1. The number of nitrogens with two attached hydrogens (primary N) is 1. The third-order valence-electron chi connectivity index (χ3n) is 2.55. The fourth-order valence-corrected chi connectivity index (χ4v) is 1.61. The van der Waals surface area contributed by atoms with Gasteiger partial charge < -0.3 is 0 Å². The first kappa shape index (κ1) is 10.6. The summed E-state index contributed by atoms with van der Waals surface area (Å²) in [6.07, 6.45) is 2.49. The molecule has 0 spiro atoms. The molecule has 0 radical (unpaired) electrons. The van der Waals surface area contributed by atoms with Crippen molar-refractivity contribution in [2.24, 2.45) is 5.84 Å². The van der Waals surface area contributed by atoms with Crippen LogP contribution in [-0.2, 0) is 6.42 Å². The number of nitrogens with zero attached hydrogens (tertiary/aromatic N) is 1. The van der Waals surface area contributed by atoms with Crippen LogP contribution in [0.2, 0.25) is 0 Å². The summed E-state index contributed by atoms with van der Waals surface area (Å²) in [4.78, 5) is 15.5. The van der Waals surface area contributed by atoms with E-state index < -0.39 is 0 Å². The summed E-state index contributed by atoms with van der Waals surface area (Å²) in [5.74, 6) is 4.75. The maximum atomic E-state index is 11.3. The molecule has 1 aromatic heterocycles. The van der Waals surface area contributed by atoms with Crippen molar-refractivity contribution in [1.29, 1.82) is 0 Å². The Morgan fingerprint density at radius 1 is 1.44 bits per heavy atom. The van der Waals surface area contributed by atoms with Crippen molar-refractivity contribution in [1.82, 2.24) is 10.4 Å². The highest BCUT2D eigenvalue weighted by molar-refractivity contribution is 5.96. The Kier molecular flexibility index (Phi) is 2.83. The Hall–Kier alpha value is -1.94. The SMILES string of the molecule is CCc1ccc2ncc(C(=O)NN)cc2c1. The van der Waals surface area contributed by atoms with Gasteiger partial charge in [-0.25, -0.2) is 5.84 Å². The van der Waals surface area contributed by atoms with Gasteiger partial charge in [0.25, 0.3) is 5.91 Å². The number of fused-ring (bicyclic) bond motifs is 1. The standard InChI is InChI=1S/C12H13N3O/c1-2-8-3-4-11-9(5-8)6-10(7-14-11)12(16)15-13/h3-7H,2,13H2,1H3,(H,15,16). The molecule has 0 aliphatic heterocycles. The number of nitrogens with one attached hydrogen (secondary N) is 1. The van der Waals surface area contributed by atoms with E-state index in [1.807, 2.05) is 18.2 Å². The first-order chi connectivity index (χ1) is 7.74. The quantitative estimate of drug-likeness (QED) is 0.452. The topological polar surface area (TPSA) is 68.0 Å². The molecule has 1 heterocycles. The highest BCUT2D eigenvalue weighted by Crippen LogP contribution is 2.15. The number of rotatable bonds is 2. The van der Waals surface area contributed by atoms with Crippen molar-refractivity contribution in [2.75, 3.05) is 0 Å². The zero-order chi connectivity index (χ0) is 11.5. The second kappa shape index (κ2) is 4.28. The second-order valence-electron chi connectivity index (χ2n) is 3.58. The lowest BCUT2D eigenvalue weighted by Gasteiger charge is -2.03. The van der Waals surface area contributed by atoms with Crippen LogP contribution in [0.1, 0.15) is 22.8 Å². The maximum Gasteiger partial charge on any atom is 0.266 e. The predicted molar refractivity (Wildman–Crippen MR) is 62.8 cm³/mol. The van der Waals surface area contributed by atoms with E-state index in [0.717, 1.165) is 17.3 Å². The first-order valence-corrected chi connectivity index (χ1v) is 5.14. The monoisotopic (exact) mass is 215 g/mol. The van der Waals surface area contributed by atoms with Crippen LogP contribution in [0.5, 0.6) is 0 Å². The number of carbonyl (C=O) groups is 1. The van der Waals surface area contributed by atoms with Crippen molar-refractivity contribution >= 4 is 16.8 Å². The van der Waals surface area contributed by atoms with Crippen LogP contribution in [0.25, 0.3) is 10.9 Å². The molecule has 4 heteroatoms. The number of hydrogen-bond donors (Lipinski definition) is 2. The number of nitrogen functional groups attached to an aromatic ring is 1. The minimum Gasteiger partial charge on any atom is -0.290 e. The average Bonchev–Trinajstić information content (AvgIpc) is 2.36. The predicted octanol–water partition coefficient (Wildman–Crippen LogP) is 1.40. The first-order valence-electron chi connectivity index (χ1n) is 5.14. The van der Waals surface area contributed by atoms with E-state index in [0.29, 0.717) is 5.56 Å². The largest absolute Gasteiger partial charge is 0.290 e. The van der Waals surface area contributed by atoms with Gasteiger partial charge in [0.1, 0.15) is 0 Å². The molecule has 82 valence electrons. The van der Waals surface area contributed by atoms with Gasteiger partial charge >= 0.3 is 0 Å². The van der Waals surface area contributed by atoms with Crippen molar-refractivity contribution in [2.45, 2.75) is 13.3 Å². The van der Waals surface area contributed by atoms with E-state index in [1.54, 1.807) is 6.07 Å². The van der Waals surface area contributed by atoms with Gasteiger partial charge in [-0.15, -0.1) is 0 Å². The lowest BCUT2D eigenvalue weighted by molar-refractivity contribution is 0.0953. The van der Waals surface area contributed by atoms with Crippen molar-refractivity contribution in [3.63, 3.8) is 0 Å². The molecule has 16 heavy (non-hydrogen) atoms. The molecule has 0 aliphatic carbocycles. The smallest absolute Gasteiger partial charge is 0.266 e. The molecule has 0 aliphatic rings. The Labute approximate surface area is 93.4 Å². The minimum atomic E-state index is -0.323. The van der Waals surface area contributed by atoms with Crippen LogP contribution in [0.4, 0.5) is 0 Å². The van der Waals surface area contributed by atoms with E-state index in [-0.39, 0.29) is 5.91 Å². The zero-order valence-corrected chi connectivity index (χ0v) is 9.03. The van der Waals surface area contributed by atoms with E-state index in [9.17, 15) is 4.79 Å². The normalized spacial score (nSPS) is 10.4. The fraction of sp³-hybridized carbons (Fsp3) is 0.167. The Morgan fingerprint density at radius 2 is 2.25 bits per heavy atom.